The number of Topliss-reactive ketones (excluding diaryl/α,β-unsaturated/α-hetero) is 1. The van der Waals surface area contributed by atoms with Crippen LogP contribution < -0.4 is 15.4 Å². The first-order valence-corrected chi connectivity index (χ1v) is 7.57. The zero-order valence-corrected chi connectivity index (χ0v) is 13.6. The monoisotopic (exact) mass is 364 g/mol. The van der Waals surface area contributed by atoms with Crippen molar-refractivity contribution in [1.82, 2.24) is 5.32 Å². The molecule has 1 heterocycles. The number of amides is 3. The number of urea groups is 1. The molecular weight excluding hydrogens is 355 g/mol. The van der Waals surface area contributed by atoms with Crippen LogP contribution in [0.4, 0.5) is 10.5 Å². The number of hydrogen-bond acceptors (Lipinski definition) is 4. The number of ether oxygens (including phenoxy) is 1. The molecule has 0 saturated heterocycles. The van der Waals surface area contributed by atoms with E-state index < -0.39 is 11.9 Å². The van der Waals surface area contributed by atoms with E-state index in [0.717, 1.165) is 0 Å². The van der Waals surface area contributed by atoms with Crippen molar-refractivity contribution in [3.8, 4) is 5.75 Å². The molecule has 0 fully saturated rings. The first-order chi connectivity index (χ1) is 11.4. The largest absolute Gasteiger partial charge is 0.485 e. The third-order valence-corrected chi connectivity index (χ3v) is 4.04. The third kappa shape index (κ3) is 3.34. The Bertz CT molecular complexity index is 867. The number of carbonyl (C=O) groups is 3. The molecule has 3 amide bonds. The molecule has 1 aliphatic heterocycles. The Morgan fingerprint density at radius 1 is 1.04 bits per heavy atom. The molecule has 0 bridgehead atoms. The van der Waals surface area contributed by atoms with Gasteiger partial charge in [0, 0.05) is 11.3 Å². The molecule has 3 rings (SSSR count). The fraction of sp³-hybridized carbons (Fsp3) is 0.0625. The number of imide groups is 1. The maximum Gasteiger partial charge on any atom is 0.326 e. The Balaban J connectivity index is 1.68. The van der Waals surface area contributed by atoms with Gasteiger partial charge >= 0.3 is 6.03 Å². The molecule has 8 heteroatoms. The van der Waals surface area contributed by atoms with Gasteiger partial charge in [0.15, 0.2) is 6.61 Å². The first-order valence-electron chi connectivity index (χ1n) is 6.81. The highest BCUT2D eigenvalue weighted by atomic mass is 35.5. The van der Waals surface area contributed by atoms with Gasteiger partial charge in [-0.05, 0) is 36.4 Å². The lowest BCUT2D eigenvalue weighted by Crippen LogP contribution is -2.34. The summed E-state index contributed by atoms with van der Waals surface area (Å²) in [5, 5.41) is 5.26. The maximum atomic E-state index is 12.1. The van der Waals surface area contributed by atoms with Crippen LogP contribution in [0.25, 0.3) is 0 Å². The van der Waals surface area contributed by atoms with E-state index in [-0.39, 0.29) is 23.0 Å². The van der Waals surface area contributed by atoms with Crippen LogP contribution in [-0.2, 0) is 0 Å². The molecule has 122 valence electrons. The number of hydrogen-bond donors (Lipinski definition) is 2. The second kappa shape index (κ2) is 6.51. The Hall–Kier alpha value is -2.57. The summed E-state index contributed by atoms with van der Waals surface area (Å²) in [5.74, 6) is -0.424. The molecule has 2 N–H and O–H groups in total. The van der Waals surface area contributed by atoms with E-state index in [1.165, 1.54) is 30.3 Å². The van der Waals surface area contributed by atoms with E-state index >= 15 is 0 Å². The second-order valence-electron chi connectivity index (χ2n) is 4.96. The summed E-state index contributed by atoms with van der Waals surface area (Å²) < 4.78 is 5.14. The Morgan fingerprint density at radius 3 is 2.58 bits per heavy atom. The van der Waals surface area contributed by atoms with Crippen LogP contribution >= 0.6 is 23.2 Å². The van der Waals surface area contributed by atoms with E-state index in [0.29, 0.717) is 22.0 Å². The molecule has 2 aromatic carbocycles. The van der Waals surface area contributed by atoms with Crippen molar-refractivity contribution in [2.75, 3.05) is 11.9 Å². The zero-order valence-electron chi connectivity index (χ0n) is 12.1. The molecule has 0 atom stereocenters. The van der Waals surface area contributed by atoms with E-state index in [9.17, 15) is 14.4 Å². The third-order valence-electron chi connectivity index (χ3n) is 3.31. The van der Waals surface area contributed by atoms with Gasteiger partial charge in [0.1, 0.15) is 5.75 Å². The Morgan fingerprint density at radius 2 is 1.83 bits per heavy atom. The van der Waals surface area contributed by atoms with Gasteiger partial charge in [-0.3, -0.25) is 14.9 Å². The lowest BCUT2D eigenvalue weighted by atomic mass is 10.1. The maximum absolute atomic E-state index is 12.1. The minimum absolute atomic E-state index is 0.0434. The Kier molecular flexibility index (Phi) is 4.42. The molecule has 0 saturated carbocycles. The normalized spacial score (nSPS) is 12.3. The predicted molar refractivity (Wildman–Crippen MR) is 89.2 cm³/mol. The quantitative estimate of drug-likeness (QED) is 0.853. The SMILES string of the molecule is O=C(NC(=O)c1ccc2c(c1)C(=O)CO2)Nc1ccc(Cl)c(Cl)c1. The molecule has 0 unspecified atom stereocenters. The van der Waals surface area contributed by atoms with Crippen LogP contribution in [0.15, 0.2) is 36.4 Å². The van der Waals surface area contributed by atoms with E-state index in [2.05, 4.69) is 10.6 Å². The van der Waals surface area contributed by atoms with E-state index in [4.69, 9.17) is 27.9 Å². The van der Waals surface area contributed by atoms with Crippen molar-refractivity contribution >= 4 is 46.6 Å². The Labute approximate surface area is 146 Å². The topological polar surface area (TPSA) is 84.5 Å². The van der Waals surface area contributed by atoms with Gasteiger partial charge < -0.3 is 10.1 Å². The lowest BCUT2D eigenvalue weighted by molar-refractivity contribution is 0.0959. The molecule has 0 radical (unpaired) electrons. The van der Waals surface area contributed by atoms with Crippen LogP contribution in [0.1, 0.15) is 20.7 Å². The van der Waals surface area contributed by atoms with E-state index in [1.54, 1.807) is 6.07 Å². The second-order valence-corrected chi connectivity index (χ2v) is 5.77. The lowest BCUT2D eigenvalue weighted by Gasteiger charge is -2.08. The van der Waals surface area contributed by atoms with Crippen molar-refractivity contribution in [3.63, 3.8) is 0 Å². The number of fused-ring (bicyclic) bond motifs is 1. The van der Waals surface area contributed by atoms with Gasteiger partial charge in [0.25, 0.3) is 5.91 Å². The molecular formula is C16H10Cl2N2O4. The highest BCUT2D eigenvalue weighted by molar-refractivity contribution is 6.42. The number of nitrogens with one attached hydrogen (secondary N) is 2. The average molecular weight is 365 g/mol. The number of benzene rings is 2. The number of rotatable bonds is 2. The molecule has 0 aliphatic carbocycles. The van der Waals surface area contributed by atoms with Crippen molar-refractivity contribution in [1.29, 1.82) is 0 Å². The van der Waals surface area contributed by atoms with Crippen LogP contribution in [-0.4, -0.2) is 24.3 Å². The standard InChI is InChI=1S/C16H10Cl2N2O4/c17-11-3-2-9(6-12(11)18)19-16(23)20-15(22)8-1-4-14-10(5-8)13(21)7-24-14/h1-6H,7H2,(H2,19,20,22,23). The van der Waals surface area contributed by atoms with Gasteiger partial charge in [0.05, 0.1) is 15.6 Å². The highest BCUT2D eigenvalue weighted by Gasteiger charge is 2.23. The van der Waals surface area contributed by atoms with Crippen molar-refractivity contribution in [2.24, 2.45) is 0 Å². The molecule has 1 aliphatic rings. The fourth-order valence-electron chi connectivity index (χ4n) is 2.15. The fourth-order valence-corrected chi connectivity index (χ4v) is 2.45. The van der Waals surface area contributed by atoms with Crippen molar-refractivity contribution < 1.29 is 19.1 Å². The van der Waals surface area contributed by atoms with Gasteiger partial charge in [-0.2, -0.15) is 0 Å². The van der Waals surface area contributed by atoms with Gasteiger partial charge in [-0.15, -0.1) is 0 Å². The molecule has 24 heavy (non-hydrogen) atoms. The summed E-state index contributed by atoms with van der Waals surface area (Å²) >= 11 is 11.6. The highest BCUT2D eigenvalue weighted by Crippen LogP contribution is 2.26. The summed E-state index contributed by atoms with van der Waals surface area (Å²) in [6, 6.07) is 8.18. The van der Waals surface area contributed by atoms with Crippen LogP contribution in [0.5, 0.6) is 5.75 Å². The van der Waals surface area contributed by atoms with Crippen LogP contribution in [0.3, 0.4) is 0 Å². The summed E-state index contributed by atoms with van der Waals surface area (Å²) in [4.78, 5) is 35.6. The minimum atomic E-state index is -0.735. The van der Waals surface area contributed by atoms with Gasteiger partial charge in [0.2, 0.25) is 5.78 Å². The molecule has 2 aromatic rings. The predicted octanol–water partition coefficient (Wildman–Crippen LogP) is 3.53. The van der Waals surface area contributed by atoms with Gasteiger partial charge in [-0.25, -0.2) is 4.79 Å². The summed E-state index contributed by atoms with van der Waals surface area (Å²) in [7, 11) is 0. The number of carbonyl (C=O) groups excluding carboxylic acids is 3. The summed E-state index contributed by atoms with van der Waals surface area (Å²) in [6.07, 6.45) is 0. The average Bonchev–Trinajstić information content (AvgIpc) is 2.91. The molecule has 6 nitrogen and oxygen atoms in total. The molecule has 0 spiro atoms. The van der Waals surface area contributed by atoms with Gasteiger partial charge in [-0.1, -0.05) is 23.2 Å². The summed E-state index contributed by atoms with van der Waals surface area (Å²) in [5.41, 5.74) is 0.886. The first kappa shape index (κ1) is 16.3. The van der Waals surface area contributed by atoms with E-state index in [1.807, 2.05) is 0 Å². The smallest absolute Gasteiger partial charge is 0.326 e. The number of anilines is 1. The van der Waals surface area contributed by atoms with Crippen LogP contribution in [0.2, 0.25) is 10.0 Å². The minimum Gasteiger partial charge on any atom is -0.485 e. The molecule has 0 aromatic heterocycles. The number of ketones is 1. The zero-order chi connectivity index (χ0) is 17.3. The number of halogens is 2. The summed E-state index contributed by atoms with van der Waals surface area (Å²) in [6.45, 7) is -0.0434. The van der Waals surface area contributed by atoms with Crippen molar-refractivity contribution in [2.45, 2.75) is 0 Å². The van der Waals surface area contributed by atoms with Crippen molar-refractivity contribution in [3.05, 3.63) is 57.6 Å². The van der Waals surface area contributed by atoms with Crippen LogP contribution in [0, 0.1) is 0 Å².